The van der Waals surface area contributed by atoms with Gasteiger partial charge in [0.15, 0.2) is 11.5 Å². The minimum Gasteiger partial charge on any atom is -0.490 e. The third-order valence-electron chi connectivity index (χ3n) is 8.73. The molecule has 0 fully saturated rings. The van der Waals surface area contributed by atoms with Gasteiger partial charge >= 0.3 is 0 Å². The van der Waals surface area contributed by atoms with E-state index in [1.54, 1.807) is 47.4 Å². The van der Waals surface area contributed by atoms with Gasteiger partial charge in [-0.2, -0.15) is 0 Å². The Morgan fingerprint density at radius 3 is 2.57 bits per heavy atom. The number of hydrogen-bond acceptors (Lipinski definition) is 8. The lowest BCUT2D eigenvalue weighted by atomic mass is 10.0. The van der Waals surface area contributed by atoms with Crippen LogP contribution in [0.2, 0.25) is 0 Å². The zero-order chi connectivity index (χ0) is 33.3. The standard InChI is InChI=1S/C37H47N3O7/c1-25-20-40(26(2)23-41)37(43)31-19-30(38-36(42)29-11-6-5-7-12-29)14-16-32(31)47-27(3)10-8-9-17-44-35(25)22-39(4)21-28-13-15-33-34(18-28)46-24-45-33/h5-7,11-16,18-19,25-27,35,41H,8-10,17,20-24H2,1-4H3,(H,38,42)/t25-,26-,27-,35-/m0/s1. The Bertz CT molecular complexity index is 1500. The van der Waals surface area contributed by atoms with Crippen molar-refractivity contribution in [3.8, 4) is 17.2 Å². The van der Waals surface area contributed by atoms with Gasteiger partial charge in [-0.15, -0.1) is 0 Å². The van der Waals surface area contributed by atoms with E-state index in [-0.39, 0.29) is 43.3 Å². The van der Waals surface area contributed by atoms with E-state index in [0.29, 0.717) is 48.8 Å². The maximum absolute atomic E-state index is 14.4. The van der Waals surface area contributed by atoms with Crippen LogP contribution >= 0.6 is 0 Å². The molecule has 0 bridgehead atoms. The molecule has 2 amide bonds. The SMILES string of the molecule is C[C@H]1CCCCO[C@@H](CN(C)Cc2ccc3c(c2)OCO3)[C@@H](C)CN([C@@H](C)CO)C(=O)c2cc(NC(=O)c3ccccc3)ccc2O1. The number of anilines is 1. The predicted molar refractivity (Wildman–Crippen MR) is 180 cm³/mol. The predicted octanol–water partition coefficient (Wildman–Crippen LogP) is 5.60. The van der Waals surface area contributed by atoms with Crippen molar-refractivity contribution in [2.75, 3.05) is 45.5 Å². The monoisotopic (exact) mass is 645 g/mol. The van der Waals surface area contributed by atoms with Crippen LogP contribution in [0.25, 0.3) is 0 Å². The van der Waals surface area contributed by atoms with Crippen molar-refractivity contribution in [2.24, 2.45) is 5.92 Å². The Balaban J connectivity index is 1.38. The minimum absolute atomic E-state index is 0.0562. The molecule has 2 N–H and O–H groups in total. The molecule has 0 saturated carbocycles. The highest BCUT2D eigenvalue weighted by Crippen LogP contribution is 2.33. The molecule has 0 unspecified atom stereocenters. The summed E-state index contributed by atoms with van der Waals surface area (Å²) in [7, 11) is 2.06. The first-order valence-corrected chi connectivity index (χ1v) is 16.5. The van der Waals surface area contributed by atoms with Gasteiger partial charge in [0.25, 0.3) is 11.8 Å². The molecule has 0 spiro atoms. The van der Waals surface area contributed by atoms with Gasteiger partial charge in [0, 0.05) is 43.4 Å². The number of carbonyl (C=O) groups excluding carboxylic acids is 2. The minimum atomic E-state index is -0.460. The zero-order valence-electron chi connectivity index (χ0n) is 27.8. The fraction of sp³-hybridized carbons (Fsp3) is 0.459. The van der Waals surface area contributed by atoms with Gasteiger partial charge < -0.3 is 34.3 Å². The molecule has 4 atom stereocenters. The first kappa shape index (κ1) is 34.2. The van der Waals surface area contributed by atoms with Crippen LogP contribution < -0.4 is 19.5 Å². The number of ether oxygens (including phenoxy) is 4. The summed E-state index contributed by atoms with van der Waals surface area (Å²) in [5.41, 5.74) is 2.45. The van der Waals surface area contributed by atoms with E-state index in [0.717, 1.165) is 36.3 Å². The van der Waals surface area contributed by atoms with Crippen molar-refractivity contribution < 1.29 is 33.6 Å². The lowest BCUT2D eigenvalue weighted by molar-refractivity contribution is -0.0177. The van der Waals surface area contributed by atoms with Gasteiger partial charge in [-0.05, 0) is 88.2 Å². The molecule has 0 aliphatic carbocycles. The number of aliphatic hydroxyl groups excluding tert-OH is 1. The van der Waals surface area contributed by atoms with Crippen LogP contribution in [0.5, 0.6) is 17.2 Å². The number of aliphatic hydroxyl groups is 1. The largest absolute Gasteiger partial charge is 0.490 e. The number of carbonyl (C=O) groups is 2. The molecule has 5 rings (SSSR count). The van der Waals surface area contributed by atoms with Gasteiger partial charge in [-0.25, -0.2) is 0 Å². The molecular formula is C37H47N3O7. The summed E-state index contributed by atoms with van der Waals surface area (Å²) in [5, 5.41) is 13.2. The summed E-state index contributed by atoms with van der Waals surface area (Å²) in [6, 6.07) is 19.6. The number of rotatable bonds is 8. The van der Waals surface area contributed by atoms with Crippen molar-refractivity contribution in [1.82, 2.24) is 9.80 Å². The summed E-state index contributed by atoms with van der Waals surface area (Å²) >= 11 is 0. The zero-order valence-corrected chi connectivity index (χ0v) is 27.8. The quantitative estimate of drug-likeness (QED) is 0.326. The van der Waals surface area contributed by atoms with Gasteiger partial charge in [0.2, 0.25) is 6.79 Å². The number of fused-ring (bicyclic) bond motifs is 2. The summed E-state index contributed by atoms with van der Waals surface area (Å²) in [6.07, 6.45) is 2.29. The number of likely N-dealkylation sites (N-methyl/N-ethyl adjacent to an activating group) is 1. The topological polar surface area (TPSA) is 110 Å². The molecule has 0 saturated heterocycles. The molecule has 3 aromatic rings. The van der Waals surface area contributed by atoms with E-state index in [9.17, 15) is 14.7 Å². The Morgan fingerprint density at radius 1 is 1.02 bits per heavy atom. The molecule has 0 aromatic heterocycles. The molecular weight excluding hydrogens is 598 g/mol. The molecule has 2 heterocycles. The first-order valence-electron chi connectivity index (χ1n) is 16.5. The van der Waals surface area contributed by atoms with E-state index in [1.165, 1.54) is 0 Å². The van der Waals surface area contributed by atoms with Crippen LogP contribution in [0, 0.1) is 5.92 Å². The number of benzene rings is 3. The Kier molecular flexibility index (Phi) is 11.7. The maximum atomic E-state index is 14.4. The molecule has 3 aromatic carbocycles. The molecule has 10 heteroatoms. The second kappa shape index (κ2) is 16.1. The lowest BCUT2D eigenvalue weighted by Crippen LogP contribution is -2.47. The van der Waals surface area contributed by atoms with E-state index in [2.05, 4.69) is 24.2 Å². The van der Waals surface area contributed by atoms with Crippen LogP contribution in [-0.2, 0) is 11.3 Å². The number of nitrogens with one attached hydrogen (secondary N) is 1. The maximum Gasteiger partial charge on any atom is 0.258 e. The molecule has 2 aliphatic rings. The highest BCUT2D eigenvalue weighted by Gasteiger charge is 2.30. The molecule has 10 nitrogen and oxygen atoms in total. The molecule has 2 aliphatic heterocycles. The number of nitrogens with zero attached hydrogens (tertiary/aromatic N) is 2. The van der Waals surface area contributed by atoms with E-state index < -0.39 is 6.04 Å². The smallest absolute Gasteiger partial charge is 0.258 e. The Hall–Kier alpha value is -4.12. The third-order valence-corrected chi connectivity index (χ3v) is 8.73. The second-order valence-corrected chi connectivity index (χ2v) is 12.7. The van der Waals surface area contributed by atoms with Gasteiger partial charge in [-0.3, -0.25) is 14.5 Å². The van der Waals surface area contributed by atoms with Crippen molar-refractivity contribution in [3.05, 3.63) is 83.4 Å². The second-order valence-electron chi connectivity index (χ2n) is 12.7. The van der Waals surface area contributed by atoms with Gasteiger partial charge in [0.05, 0.1) is 30.4 Å². The van der Waals surface area contributed by atoms with Crippen molar-refractivity contribution in [2.45, 2.75) is 64.8 Å². The summed E-state index contributed by atoms with van der Waals surface area (Å²) in [6.45, 7) is 8.26. The van der Waals surface area contributed by atoms with Gasteiger partial charge in [0.1, 0.15) is 5.75 Å². The average Bonchev–Trinajstić information content (AvgIpc) is 3.54. The van der Waals surface area contributed by atoms with E-state index in [4.69, 9.17) is 18.9 Å². The van der Waals surface area contributed by atoms with Crippen LogP contribution in [0.1, 0.15) is 66.3 Å². The third kappa shape index (κ3) is 9.03. The van der Waals surface area contributed by atoms with Gasteiger partial charge in [-0.1, -0.05) is 31.2 Å². The lowest BCUT2D eigenvalue weighted by Gasteiger charge is -2.36. The number of hydrogen-bond donors (Lipinski definition) is 2. The van der Waals surface area contributed by atoms with Crippen molar-refractivity contribution in [3.63, 3.8) is 0 Å². The number of amides is 2. The average molecular weight is 646 g/mol. The first-order chi connectivity index (χ1) is 22.7. The summed E-state index contributed by atoms with van der Waals surface area (Å²) in [4.78, 5) is 31.2. The molecule has 47 heavy (non-hydrogen) atoms. The normalized spacial score (nSPS) is 21.0. The highest BCUT2D eigenvalue weighted by atomic mass is 16.7. The molecule has 0 radical (unpaired) electrons. The summed E-state index contributed by atoms with van der Waals surface area (Å²) < 4.78 is 23.9. The Morgan fingerprint density at radius 2 is 1.79 bits per heavy atom. The van der Waals surface area contributed by atoms with Crippen LogP contribution in [-0.4, -0.2) is 85.1 Å². The van der Waals surface area contributed by atoms with E-state index in [1.807, 2.05) is 38.1 Å². The van der Waals surface area contributed by atoms with Crippen molar-refractivity contribution >= 4 is 17.5 Å². The Labute approximate surface area is 277 Å². The highest BCUT2D eigenvalue weighted by molar-refractivity contribution is 6.05. The van der Waals surface area contributed by atoms with Crippen LogP contribution in [0.3, 0.4) is 0 Å². The summed E-state index contributed by atoms with van der Waals surface area (Å²) in [5.74, 6) is 1.37. The van der Waals surface area contributed by atoms with Crippen molar-refractivity contribution in [1.29, 1.82) is 0 Å². The fourth-order valence-electron chi connectivity index (χ4n) is 5.98. The van der Waals surface area contributed by atoms with Crippen LogP contribution in [0.4, 0.5) is 5.69 Å². The van der Waals surface area contributed by atoms with Crippen LogP contribution in [0.15, 0.2) is 66.7 Å². The molecule has 252 valence electrons. The fourth-order valence-corrected chi connectivity index (χ4v) is 5.98. The van der Waals surface area contributed by atoms with E-state index >= 15 is 0 Å².